The van der Waals surface area contributed by atoms with E-state index in [0.29, 0.717) is 5.11 Å². The molecule has 2 aromatic carbocycles. The lowest BCUT2D eigenvalue weighted by molar-refractivity contribution is 0.476. The van der Waals surface area contributed by atoms with E-state index in [0.717, 1.165) is 23.4 Å². The van der Waals surface area contributed by atoms with Gasteiger partial charge in [0, 0.05) is 5.69 Å². The minimum absolute atomic E-state index is 0.129. The Labute approximate surface area is 147 Å². The van der Waals surface area contributed by atoms with Gasteiger partial charge in [-0.25, -0.2) is 0 Å². The molecular weight excluding hydrogens is 316 g/mol. The Morgan fingerprint density at radius 1 is 1.04 bits per heavy atom. The van der Waals surface area contributed by atoms with E-state index in [1.165, 1.54) is 5.56 Å². The van der Waals surface area contributed by atoms with E-state index in [2.05, 4.69) is 41.8 Å². The zero-order valence-corrected chi connectivity index (χ0v) is 14.3. The lowest BCUT2D eigenvalue weighted by Gasteiger charge is -2.20. The van der Waals surface area contributed by atoms with Gasteiger partial charge in [0.25, 0.3) is 0 Å². The normalized spacial score (nSPS) is 11.7. The largest absolute Gasteiger partial charge is 0.467 e. The molecule has 0 saturated carbocycles. The van der Waals surface area contributed by atoms with E-state index in [1.54, 1.807) is 6.26 Å². The second-order valence-electron chi connectivity index (χ2n) is 5.51. The van der Waals surface area contributed by atoms with Gasteiger partial charge in [0.2, 0.25) is 0 Å². The summed E-state index contributed by atoms with van der Waals surface area (Å²) in [5.41, 5.74) is 3.35. The molecule has 0 bridgehead atoms. The Hall–Kier alpha value is -2.59. The van der Waals surface area contributed by atoms with Crippen molar-refractivity contribution < 1.29 is 4.42 Å². The van der Waals surface area contributed by atoms with Crippen LogP contribution in [0.5, 0.6) is 0 Å². The molecule has 3 aromatic rings. The van der Waals surface area contributed by atoms with Crippen molar-refractivity contribution in [2.75, 3.05) is 5.32 Å². The summed E-state index contributed by atoms with van der Waals surface area (Å²) < 4.78 is 5.59. The van der Waals surface area contributed by atoms with Crippen molar-refractivity contribution in [1.29, 1.82) is 0 Å². The van der Waals surface area contributed by atoms with Crippen LogP contribution in [0.2, 0.25) is 0 Å². The monoisotopic (exact) mass is 336 g/mol. The maximum absolute atomic E-state index is 5.59. The van der Waals surface area contributed by atoms with Crippen LogP contribution in [-0.2, 0) is 6.42 Å². The SMILES string of the molecule is CCc1cccc(NC(=S)N[C@H](c2ccccc2)c2ccco2)c1. The number of hydrogen-bond acceptors (Lipinski definition) is 2. The first-order valence-electron chi connectivity index (χ1n) is 8.01. The van der Waals surface area contributed by atoms with Gasteiger partial charge in [0.1, 0.15) is 11.8 Å². The number of nitrogens with one attached hydrogen (secondary N) is 2. The molecule has 0 fully saturated rings. The minimum atomic E-state index is -0.129. The van der Waals surface area contributed by atoms with Crippen LogP contribution >= 0.6 is 12.2 Å². The van der Waals surface area contributed by atoms with Crippen molar-refractivity contribution in [3.05, 3.63) is 89.9 Å². The van der Waals surface area contributed by atoms with Crippen LogP contribution in [0, 0.1) is 0 Å². The molecule has 0 aliphatic heterocycles. The van der Waals surface area contributed by atoms with Gasteiger partial charge in [-0.05, 0) is 54.0 Å². The Bertz CT molecular complexity index is 784. The average molecular weight is 336 g/mol. The van der Waals surface area contributed by atoms with Gasteiger partial charge in [-0.3, -0.25) is 0 Å². The van der Waals surface area contributed by atoms with Crippen molar-refractivity contribution in [2.24, 2.45) is 0 Å². The highest BCUT2D eigenvalue weighted by atomic mass is 32.1. The Morgan fingerprint density at radius 3 is 2.58 bits per heavy atom. The molecular formula is C20H20N2OS. The van der Waals surface area contributed by atoms with Crippen LogP contribution in [0.4, 0.5) is 5.69 Å². The summed E-state index contributed by atoms with van der Waals surface area (Å²) in [6.45, 7) is 2.14. The maximum atomic E-state index is 5.59. The summed E-state index contributed by atoms with van der Waals surface area (Å²) in [4.78, 5) is 0. The van der Waals surface area contributed by atoms with Crippen LogP contribution in [0.1, 0.15) is 29.9 Å². The van der Waals surface area contributed by atoms with Crippen molar-refractivity contribution in [3.63, 3.8) is 0 Å². The van der Waals surface area contributed by atoms with Crippen LogP contribution < -0.4 is 10.6 Å². The van der Waals surface area contributed by atoms with E-state index in [4.69, 9.17) is 16.6 Å². The van der Waals surface area contributed by atoms with E-state index in [1.807, 2.05) is 42.5 Å². The molecule has 0 unspecified atom stereocenters. The zero-order chi connectivity index (χ0) is 16.8. The number of benzene rings is 2. The number of rotatable bonds is 5. The Morgan fingerprint density at radius 2 is 1.88 bits per heavy atom. The molecule has 1 heterocycles. The van der Waals surface area contributed by atoms with Crippen LogP contribution in [-0.4, -0.2) is 5.11 Å². The molecule has 1 atom stereocenters. The number of furan rings is 1. The van der Waals surface area contributed by atoms with E-state index in [-0.39, 0.29) is 6.04 Å². The zero-order valence-electron chi connectivity index (χ0n) is 13.5. The molecule has 0 saturated heterocycles. The predicted octanol–water partition coefficient (Wildman–Crippen LogP) is 4.92. The van der Waals surface area contributed by atoms with Crippen LogP contribution in [0.3, 0.4) is 0 Å². The third kappa shape index (κ3) is 4.03. The summed E-state index contributed by atoms with van der Waals surface area (Å²) in [6.07, 6.45) is 2.67. The fourth-order valence-electron chi connectivity index (χ4n) is 2.59. The van der Waals surface area contributed by atoms with E-state index >= 15 is 0 Å². The molecule has 0 aliphatic rings. The Balaban J connectivity index is 1.76. The van der Waals surface area contributed by atoms with Gasteiger partial charge in [0.15, 0.2) is 5.11 Å². The van der Waals surface area contributed by atoms with Gasteiger partial charge >= 0.3 is 0 Å². The summed E-state index contributed by atoms with van der Waals surface area (Å²) >= 11 is 5.50. The topological polar surface area (TPSA) is 37.2 Å². The second-order valence-corrected chi connectivity index (χ2v) is 5.92. The molecule has 3 nitrogen and oxygen atoms in total. The van der Waals surface area contributed by atoms with E-state index in [9.17, 15) is 0 Å². The van der Waals surface area contributed by atoms with Gasteiger partial charge in [-0.1, -0.05) is 49.4 Å². The van der Waals surface area contributed by atoms with Crippen molar-refractivity contribution in [3.8, 4) is 0 Å². The predicted molar refractivity (Wildman–Crippen MR) is 102 cm³/mol. The first-order valence-corrected chi connectivity index (χ1v) is 8.42. The van der Waals surface area contributed by atoms with Crippen molar-refractivity contribution in [1.82, 2.24) is 5.32 Å². The van der Waals surface area contributed by atoms with Crippen molar-refractivity contribution in [2.45, 2.75) is 19.4 Å². The summed E-state index contributed by atoms with van der Waals surface area (Å²) in [6, 6.07) is 22.1. The standard InChI is InChI=1S/C20H20N2OS/c1-2-15-8-6-11-17(14-15)21-20(24)22-19(18-12-7-13-23-18)16-9-4-3-5-10-16/h3-14,19H,2H2,1H3,(H2,21,22,24)/t19-/m1/s1. The van der Waals surface area contributed by atoms with Crippen molar-refractivity contribution >= 4 is 23.0 Å². The second kappa shape index (κ2) is 7.79. The molecule has 3 rings (SSSR count). The first kappa shape index (κ1) is 16.3. The van der Waals surface area contributed by atoms with E-state index < -0.39 is 0 Å². The Kier molecular flexibility index (Phi) is 5.29. The lowest BCUT2D eigenvalue weighted by atomic mass is 10.1. The maximum Gasteiger partial charge on any atom is 0.171 e. The molecule has 122 valence electrons. The number of aryl methyl sites for hydroxylation is 1. The highest BCUT2D eigenvalue weighted by Crippen LogP contribution is 2.22. The summed E-state index contributed by atoms with van der Waals surface area (Å²) in [7, 11) is 0. The molecule has 0 aliphatic carbocycles. The number of hydrogen-bond donors (Lipinski definition) is 2. The quantitative estimate of drug-likeness (QED) is 0.649. The highest BCUT2D eigenvalue weighted by Gasteiger charge is 2.17. The van der Waals surface area contributed by atoms with Crippen LogP contribution in [0.15, 0.2) is 77.4 Å². The summed E-state index contributed by atoms with van der Waals surface area (Å²) in [5.74, 6) is 0.827. The highest BCUT2D eigenvalue weighted by molar-refractivity contribution is 7.80. The average Bonchev–Trinajstić information content (AvgIpc) is 3.15. The smallest absolute Gasteiger partial charge is 0.171 e. The first-order chi connectivity index (χ1) is 11.8. The molecule has 0 spiro atoms. The minimum Gasteiger partial charge on any atom is -0.467 e. The third-order valence-corrected chi connectivity index (χ3v) is 4.05. The molecule has 0 amide bonds. The van der Waals surface area contributed by atoms with Gasteiger partial charge in [-0.2, -0.15) is 0 Å². The molecule has 2 N–H and O–H groups in total. The molecule has 1 aromatic heterocycles. The fourth-order valence-corrected chi connectivity index (χ4v) is 2.82. The molecule has 4 heteroatoms. The lowest BCUT2D eigenvalue weighted by Crippen LogP contribution is -2.32. The van der Waals surface area contributed by atoms with Gasteiger partial charge < -0.3 is 15.1 Å². The fraction of sp³-hybridized carbons (Fsp3) is 0.150. The third-order valence-electron chi connectivity index (χ3n) is 3.83. The number of anilines is 1. The summed E-state index contributed by atoms with van der Waals surface area (Å²) in [5, 5.41) is 7.17. The van der Waals surface area contributed by atoms with Gasteiger partial charge in [0.05, 0.1) is 6.26 Å². The molecule has 0 radical (unpaired) electrons. The number of thiocarbonyl (C=S) groups is 1. The molecule has 24 heavy (non-hydrogen) atoms. The van der Waals surface area contributed by atoms with Gasteiger partial charge in [-0.15, -0.1) is 0 Å². The van der Waals surface area contributed by atoms with Crippen LogP contribution in [0.25, 0.3) is 0 Å².